The molecular weight excluding hydrogens is 500 g/mol. The average molecular weight is 525 g/mol. The zero-order valence-electron chi connectivity index (χ0n) is 16.4. The smallest absolute Gasteiger partial charge is 0.191 e. The fraction of sp³-hybridized carbons (Fsp3) is 0.238. The van der Waals surface area contributed by atoms with E-state index in [2.05, 4.69) is 20.7 Å². The van der Waals surface area contributed by atoms with Gasteiger partial charge in [-0.15, -0.1) is 24.0 Å². The van der Waals surface area contributed by atoms with E-state index >= 15 is 0 Å². The Morgan fingerprint density at radius 3 is 2.59 bits per heavy atom. The predicted octanol–water partition coefficient (Wildman–Crippen LogP) is 4.36. The van der Waals surface area contributed by atoms with E-state index in [1.807, 2.05) is 59.7 Å². The third-order valence-corrected chi connectivity index (χ3v) is 4.85. The van der Waals surface area contributed by atoms with E-state index in [0.717, 1.165) is 28.1 Å². The van der Waals surface area contributed by atoms with Crippen LogP contribution in [-0.2, 0) is 18.8 Å². The molecule has 3 rings (SSSR count). The van der Waals surface area contributed by atoms with Gasteiger partial charge >= 0.3 is 0 Å². The third-order valence-electron chi connectivity index (χ3n) is 4.25. The second-order valence-electron chi connectivity index (χ2n) is 6.25. The molecule has 0 saturated heterocycles. The Morgan fingerprint density at radius 1 is 1.10 bits per heavy atom. The first-order valence-corrected chi connectivity index (χ1v) is 10.4. The highest BCUT2D eigenvalue weighted by atomic mass is 127. The zero-order chi connectivity index (χ0) is 19.8. The zero-order valence-corrected chi connectivity index (χ0v) is 19.6. The number of aromatic nitrogens is 2. The van der Waals surface area contributed by atoms with E-state index in [0.29, 0.717) is 19.0 Å². The van der Waals surface area contributed by atoms with Gasteiger partial charge in [0, 0.05) is 37.7 Å². The molecule has 2 N–H and O–H groups in total. The number of aliphatic imine (C=N–C) groups is 1. The van der Waals surface area contributed by atoms with Crippen molar-refractivity contribution < 1.29 is 4.39 Å². The fourth-order valence-electron chi connectivity index (χ4n) is 2.82. The SMILES string of the molecule is CN=C(NCc1cnn(-c2ccccc2)c1)NCc1ccc(F)cc1CSC.I. The maximum atomic E-state index is 13.5. The quantitative estimate of drug-likeness (QED) is 0.274. The van der Waals surface area contributed by atoms with Gasteiger partial charge in [0.1, 0.15) is 5.82 Å². The molecule has 0 radical (unpaired) electrons. The number of thioether (sulfide) groups is 1. The van der Waals surface area contributed by atoms with Crippen molar-refractivity contribution in [1.29, 1.82) is 0 Å². The standard InChI is InChI=1S/C21H24FN5S.HI/c1-23-21(25-13-17-8-9-19(22)10-18(17)15-28-2)24-11-16-12-26-27(14-16)20-6-4-3-5-7-20;/h3-10,12,14H,11,13,15H2,1-2H3,(H2,23,24,25);1H. The summed E-state index contributed by atoms with van der Waals surface area (Å²) >= 11 is 1.68. The molecule has 0 saturated carbocycles. The Labute approximate surface area is 192 Å². The highest BCUT2D eigenvalue weighted by Crippen LogP contribution is 2.16. The monoisotopic (exact) mass is 525 g/mol. The van der Waals surface area contributed by atoms with Crippen LogP contribution in [0.4, 0.5) is 4.39 Å². The Kier molecular flexibility index (Phi) is 9.46. The summed E-state index contributed by atoms with van der Waals surface area (Å²) in [6, 6.07) is 14.9. The summed E-state index contributed by atoms with van der Waals surface area (Å²) in [6.45, 7) is 1.19. The molecule has 154 valence electrons. The van der Waals surface area contributed by atoms with Gasteiger partial charge in [-0.05, 0) is 41.6 Å². The number of guanidine groups is 1. The maximum Gasteiger partial charge on any atom is 0.191 e. The number of hydrogen-bond donors (Lipinski definition) is 2. The minimum atomic E-state index is -0.203. The third kappa shape index (κ3) is 6.74. The first-order chi connectivity index (χ1) is 13.7. The van der Waals surface area contributed by atoms with E-state index < -0.39 is 0 Å². The van der Waals surface area contributed by atoms with Gasteiger partial charge in [-0.2, -0.15) is 16.9 Å². The fourth-order valence-corrected chi connectivity index (χ4v) is 3.40. The highest BCUT2D eigenvalue weighted by Gasteiger charge is 2.06. The highest BCUT2D eigenvalue weighted by molar-refractivity contribution is 14.0. The van der Waals surface area contributed by atoms with E-state index in [4.69, 9.17) is 0 Å². The van der Waals surface area contributed by atoms with Crippen molar-refractivity contribution >= 4 is 41.7 Å². The van der Waals surface area contributed by atoms with Crippen LogP contribution in [0.25, 0.3) is 5.69 Å². The van der Waals surface area contributed by atoms with Crippen LogP contribution in [0.2, 0.25) is 0 Å². The lowest BCUT2D eigenvalue weighted by Crippen LogP contribution is -2.36. The van der Waals surface area contributed by atoms with Crippen molar-refractivity contribution in [2.45, 2.75) is 18.8 Å². The molecule has 0 bridgehead atoms. The number of hydrogen-bond acceptors (Lipinski definition) is 3. The van der Waals surface area contributed by atoms with Gasteiger partial charge < -0.3 is 10.6 Å². The largest absolute Gasteiger partial charge is 0.352 e. The van der Waals surface area contributed by atoms with Crippen LogP contribution >= 0.6 is 35.7 Å². The van der Waals surface area contributed by atoms with Gasteiger partial charge in [-0.25, -0.2) is 9.07 Å². The molecule has 0 aliphatic heterocycles. The number of rotatable bonds is 7. The van der Waals surface area contributed by atoms with Gasteiger partial charge in [0.2, 0.25) is 0 Å². The molecule has 0 aliphatic carbocycles. The Hall–Kier alpha value is -2.07. The van der Waals surface area contributed by atoms with E-state index in [-0.39, 0.29) is 29.8 Å². The van der Waals surface area contributed by atoms with Gasteiger partial charge in [0.05, 0.1) is 11.9 Å². The van der Waals surface area contributed by atoms with E-state index in [1.165, 1.54) is 6.07 Å². The molecule has 0 amide bonds. The van der Waals surface area contributed by atoms with Crippen LogP contribution in [0.3, 0.4) is 0 Å². The van der Waals surface area contributed by atoms with Gasteiger partial charge in [-0.3, -0.25) is 4.99 Å². The number of nitrogens with zero attached hydrogens (tertiary/aromatic N) is 3. The lowest BCUT2D eigenvalue weighted by atomic mass is 10.1. The van der Waals surface area contributed by atoms with Crippen LogP contribution in [0.5, 0.6) is 0 Å². The van der Waals surface area contributed by atoms with E-state index in [1.54, 1.807) is 24.9 Å². The Balaban J connectivity index is 0.00000300. The Bertz CT molecular complexity index is 930. The molecule has 5 nitrogen and oxygen atoms in total. The minimum Gasteiger partial charge on any atom is -0.352 e. The van der Waals surface area contributed by atoms with Crippen LogP contribution in [0, 0.1) is 5.82 Å². The normalized spacial score (nSPS) is 11.1. The molecule has 0 aliphatic rings. The molecule has 2 aromatic carbocycles. The summed E-state index contributed by atoms with van der Waals surface area (Å²) < 4.78 is 15.3. The van der Waals surface area contributed by atoms with Crippen LogP contribution in [-0.4, -0.2) is 29.0 Å². The number of halogens is 2. The molecule has 3 aromatic rings. The first kappa shape index (κ1) is 23.2. The van der Waals surface area contributed by atoms with Crippen molar-refractivity contribution in [3.63, 3.8) is 0 Å². The summed E-state index contributed by atoms with van der Waals surface area (Å²) in [4.78, 5) is 4.26. The lowest BCUT2D eigenvalue weighted by molar-refractivity contribution is 0.625. The Morgan fingerprint density at radius 2 is 1.86 bits per heavy atom. The lowest BCUT2D eigenvalue weighted by Gasteiger charge is -2.14. The van der Waals surface area contributed by atoms with Crippen LogP contribution in [0.1, 0.15) is 16.7 Å². The molecule has 0 fully saturated rings. The molecule has 0 atom stereocenters. The van der Waals surface area contributed by atoms with Crippen molar-refractivity contribution in [2.75, 3.05) is 13.3 Å². The molecule has 1 heterocycles. The summed E-state index contributed by atoms with van der Waals surface area (Å²) in [5.41, 5.74) is 4.14. The summed E-state index contributed by atoms with van der Waals surface area (Å²) in [7, 11) is 1.73. The second-order valence-corrected chi connectivity index (χ2v) is 7.12. The number of benzene rings is 2. The minimum absolute atomic E-state index is 0. The topological polar surface area (TPSA) is 54.2 Å². The maximum absolute atomic E-state index is 13.5. The van der Waals surface area contributed by atoms with Crippen molar-refractivity contribution in [3.8, 4) is 5.69 Å². The van der Waals surface area contributed by atoms with E-state index in [9.17, 15) is 4.39 Å². The molecule has 8 heteroatoms. The van der Waals surface area contributed by atoms with Gasteiger partial charge in [-0.1, -0.05) is 24.3 Å². The predicted molar refractivity (Wildman–Crippen MR) is 130 cm³/mol. The number of para-hydroxylation sites is 1. The summed E-state index contributed by atoms with van der Waals surface area (Å²) in [5, 5.41) is 11.0. The van der Waals surface area contributed by atoms with Crippen LogP contribution in [0.15, 0.2) is 65.9 Å². The summed E-state index contributed by atoms with van der Waals surface area (Å²) in [5.74, 6) is 1.26. The molecule has 0 unspecified atom stereocenters. The van der Waals surface area contributed by atoms with Crippen molar-refractivity contribution in [2.24, 2.45) is 4.99 Å². The van der Waals surface area contributed by atoms with Crippen molar-refractivity contribution in [3.05, 3.63) is 83.4 Å². The average Bonchev–Trinajstić information content (AvgIpc) is 3.19. The second kappa shape index (κ2) is 11.8. The number of nitrogens with one attached hydrogen (secondary N) is 2. The summed E-state index contributed by atoms with van der Waals surface area (Å²) in [6.07, 6.45) is 5.84. The molecular formula is C21H25FIN5S. The van der Waals surface area contributed by atoms with Gasteiger partial charge in [0.15, 0.2) is 5.96 Å². The van der Waals surface area contributed by atoms with Crippen molar-refractivity contribution in [1.82, 2.24) is 20.4 Å². The molecule has 0 spiro atoms. The van der Waals surface area contributed by atoms with Crippen LogP contribution < -0.4 is 10.6 Å². The molecule has 1 aromatic heterocycles. The molecule has 29 heavy (non-hydrogen) atoms. The first-order valence-electron chi connectivity index (χ1n) is 8.99. The van der Waals surface area contributed by atoms with Gasteiger partial charge in [0.25, 0.3) is 0 Å².